The third-order valence-electron chi connectivity index (χ3n) is 1.63. The molecule has 0 aromatic carbocycles. The van der Waals surface area contributed by atoms with Crippen LogP contribution >= 0.6 is 0 Å². The van der Waals surface area contributed by atoms with Gasteiger partial charge in [-0.2, -0.15) is 6.08 Å². The van der Waals surface area contributed by atoms with Gasteiger partial charge in [0.1, 0.15) is 0 Å². The van der Waals surface area contributed by atoms with Crippen molar-refractivity contribution in [1.29, 1.82) is 0 Å². The van der Waals surface area contributed by atoms with Crippen molar-refractivity contribution in [3.05, 3.63) is 29.5 Å². The SMILES string of the molecule is CC1=CC[C-]=C1.CCCCC([NH-])=O.C[SiH]C.[Cl-].[Cl-].[Hf+4]. The summed E-state index contributed by atoms with van der Waals surface area (Å²) in [5.74, 6) is -0.443. The van der Waals surface area contributed by atoms with Crippen LogP contribution in [0.5, 0.6) is 0 Å². The predicted molar refractivity (Wildman–Crippen MR) is 73.9 cm³/mol. The number of allylic oxidation sites excluding steroid dienone is 4. The van der Waals surface area contributed by atoms with Crippen LogP contribution in [-0.4, -0.2) is 15.4 Å². The van der Waals surface area contributed by atoms with E-state index in [0.717, 1.165) is 28.8 Å². The first kappa shape index (κ1) is 31.8. The van der Waals surface area contributed by atoms with Crippen molar-refractivity contribution >= 4 is 15.4 Å². The van der Waals surface area contributed by atoms with Crippen molar-refractivity contribution in [1.82, 2.24) is 0 Å². The van der Waals surface area contributed by atoms with Gasteiger partial charge in [0.15, 0.2) is 0 Å². The molecule has 0 bridgehead atoms. The normalized spacial score (nSPS) is 10.0. The summed E-state index contributed by atoms with van der Waals surface area (Å²) < 4.78 is 0. The van der Waals surface area contributed by atoms with Crippen molar-refractivity contribution < 1.29 is 55.5 Å². The number of hydrogen-bond acceptors (Lipinski definition) is 1. The first-order valence-corrected chi connectivity index (χ1v) is 8.11. The molecule has 0 aliphatic heterocycles. The first-order valence-electron chi connectivity index (χ1n) is 5.80. The predicted octanol–water partition coefficient (Wildman–Crippen LogP) is -2.02. The number of nitrogens with one attached hydrogen (secondary N) is 1. The second kappa shape index (κ2) is 27.0. The standard InChI is InChI=1S/C6H7.C5H11NO.C2H7Si.2ClH.Hf/c1-6-4-2-3-5-6;1-2-3-4-5(6)7;1-3-2;;;/h4-5H,2H2,1H3;2-4H2,1H3,(H2,6,7);3H,1-2H3;2*1H;/q-1;;;;;+4/p-3. The van der Waals surface area contributed by atoms with Crippen molar-refractivity contribution in [2.45, 2.75) is 52.6 Å². The van der Waals surface area contributed by atoms with Crippen molar-refractivity contribution in [3.63, 3.8) is 0 Å². The van der Waals surface area contributed by atoms with Gasteiger partial charge in [0, 0.05) is 15.4 Å². The van der Waals surface area contributed by atoms with Gasteiger partial charge in [0.2, 0.25) is 0 Å². The van der Waals surface area contributed by atoms with Crippen molar-refractivity contribution in [2.24, 2.45) is 0 Å². The van der Waals surface area contributed by atoms with E-state index in [2.05, 4.69) is 32.2 Å². The van der Waals surface area contributed by atoms with E-state index in [0.29, 0.717) is 6.42 Å². The Morgan fingerprint density at radius 2 is 1.89 bits per heavy atom. The Hall–Kier alpha value is 0.617. The van der Waals surface area contributed by atoms with E-state index in [1.54, 1.807) is 0 Å². The van der Waals surface area contributed by atoms with Crippen LogP contribution in [0.2, 0.25) is 13.1 Å². The van der Waals surface area contributed by atoms with Crippen LogP contribution < -0.4 is 24.8 Å². The summed E-state index contributed by atoms with van der Waals surface area (Å²) in [6.45, 7) is 8.50. The summed E-state index contributed by atoms with van der Waals surface area (Å²) in [4.78, 5) is 9.87. The third kappa shape index (κ3) is 38.1. The Labute approximate surface area is 152 Å². The molecule has 1 rings (SSSR count). The van der Waals surface area contributed by atoms with E-state index >= 15 is 0 Å². The number of halogens is 2. The van der Waals surface area contributed by atoms with Crippen LogP contribution in [-0.2, 0) is 30.6 Å². The molecule has 1 aliphatic rings. The number of carbonyl (C=O) groups is 1. The monoisotopic (exact) mass is 488 g/mol. The van der Waals surface area contributed by atoms with E-state index in [4.69, 9.17) is 5.73 Å². The van der Waals surface area contributed by atoms with E-state index in [-0.39, 0.29) is 50.7 Å². The van der Waals surface area contributed by atoms with Gasteiger partial charge < -0.3 is 35.3 Å². The maximum Gasteiger partial charge on any atom is 4.00 e. The second-order valence-electron chi connectivity index (χ2n) is 3.60. The van der Waals surface area contributed by atoms with E-state index < -0.39 is 5.91 Å². The van der Waals surface area contributed by atoms with Gasteiger partial charge in [-0.25, -0.2) is 11.6 Å². The van der Waals surface area contributed by atoms with Crippen molar-refractivity contribution in [2.75, 3.05) is 0 Å². The minimum Gasteiger partial charge on any atom is -1.00 e. The van der Waals surface area contributed by atoms with Gasteiger partial charge in [-0.1, -0.05) is 26.4 Å². The minimum atomic E-state index is -0.443. The summed E-state index contributed by atoms with van der Waals surface area (Å²) in [6.07, 6.45) is 10.5. The fourth-order valence-corrected chi connectivity index (χ4v) is 0.836. The molecule has 0 heterocycles. The Morgan fingerprint density at radius 3 is 2.00 bits per heavy atom. The van der Waals surface area contributed by atoms with Gasteiger partial charge in [0.25, 0.3) is 0 Å². The van der Waals surface area contributed by atoms with Gasteiger partial charge >= 0.3 is 25.8 Å². The summed E-state index contributed by atoms with van der Waals surface area (Å²) in [6, 6.07) is 0. The fraction of sp³-hybridized carbons (Fsp3) is 0.615. The molecule has 1 amide bonds. The molecule has 19 heavy (non-hydrogen) atoms. The smallest absolute Gasteiger partial charge is 1.00 e. The van der Waals surface area contributed by atoms with Crippen LogP contribution in [0.1, 0.15) is 39.5 Å². The van der Waals surface area contributed by atoms with Crippen LogP contribution in [0.25, 0.3) is 5.73 Å². The zero-order valence-electron chi connectivity index (χ0n) is 12.2. The zero-order valence-corrected chi connectivity index (χ0v) is 18.5. The zero-order chi connectivity index (χ0) is 12.8. The molecule has 0 saturated carbocycles. The van der Waals surface area contributed by atoms with E-state index in [1.807, 2.05) is 13.0 Å². The summed E-state index contributed by atoms with van der Waals surface area (Å²) in [7, 11) is 0.750. The maximum atomic E-state index is 9.87. The molecule has 0 unspecified atom stereocenters. The van der Waals surface area contributed by atoms with Gasteiger partial charge in [-0.15, -0.1) is 13.3 Å². The molecule has 1 radical (unpaired) electrons. The molecule has 0 aromatic rings. The maximum absolute atomic E-state index is 9.87. The average molecular weight is 488 g/mol. The Bertz CT molecular complexity index is 234. The summed E-state index contributed by atoms with van der Waals surface area (Å²) >= 11 is 0. The molecule has 6 heteroatoms. The van der Waals surface area contributed by atoms with Gasteiger partial charge in [-0.05, 0) is 12.8 Å². The molecule has 109 valence electrons. The van der Waals surface area contributed by atoms with Crippen LogP contribution in [0.3, 0.4) is 0 Å². The van der Waals surface area contributed by atoms with Crippen LogP contribution in [0.4, 0.5) is 0 Å². The molecule has 1 aliphatic carbocycles. The van der Waals surface area contributed by atoms with Crippen molar-refractivity contribution in [3.8, 4) is 0 Å². The number of rotatable bonds is 3. The molecular formula is C13H24Cl2HfNOSi. The Balaban J connectivity index is -0.0000000507. The molecular weight excluding hydrogens is 464 g/mol. The topological polar surface area (TPSA) is 40.9 Å². The summed E-state index contributed by atoms with van der Waals surface area (Å²) in [5, 5.41) is 0. The number of hydrogen-bond donors (Lipinski definition) is 0. The number of carbonyl (C=O) groups excluding carboxylic acids is 1. The van der Waals surface area contributed by atoms with Gasteiger partial charge in [-0.3, -0.25) is 6.08 Å². The Kier molecular flexibility index (Phi) is 45.3. The molecule has 1 N–H and O–H groups in total. The van der Waals surface area contributed by atoms with Crippen LogP contribution in [0.15, 0.2) is 17.7 Å². The first-order chi connectivity index (χ1) is 7.58. The fourth-order valence-electron chi connectivity index (χ4n) is 0.836. The molecule has 2 nitrogen and oxygen atoms in total. The Morgan fingerprint density at radius 1 is 1.42 bits per heavy atom. The molecule has 0 aromatic heterocycles. The molecule has 0 fully saturated rings. The number of amides is 1. The quantitative estimate of drug-likeness (QED) is 0.335. The largest absolute Gasteiger partial charge is 4.00 e. The van der Waals surface area contributed by atoms with E-state index in [1.165, 1.54) is 5.57 Å². The minimum absolute atomic E-state index is 0. The third-order valence-corrected chi connectivity index (χ3v) is 1.63. The molecule has 0 saturated heterocycles. The number of unbranched alkanes of at least 4 members (excludes halogenated alkanes) is 1. The van der Waals surface area contributed by atoms with Crippen LogP contribution in [0, 0.1) is 6.08 Å². The molecule has 0 spiro atoms. The average Bonchev–Trinajstić information content (AvgIpc) is 2.68. The van der Waals surface area contributed by atoms with Gasteiger partial charge in [0.05, 0.1) is 0 Å². The van der Waals surface area contributed by atoms with E-state index in [9.17, 15) is 4.79 Å². The summed E-state index contributed by atoms with van der Waals surface area (Å²) in [5.41, 5.74) is 7.78. The molecule has 0 atom stereocenters. The second-order valence-corrected chi connectivity index (χ2v) is 4.76.